The van der Waals surface area contributed by atoms with Crippen LogP contribution in [-0.2, 0) is 4.79 Å². The minimum absolute atomic E-state index is 0.187. The number of hydrogen-bond donors (Lipinski definition) is 2. The zero-order valence-electron chi connectivity index (χ0n) is 11.2. The van der Waals surface area contributed by atoms with E-state index < -0.39 is 0 Å². The molecule has 0 radical (unpaired) electrons. The summed E-state index contributed by atoms with van der Waals surface area (Å²) in [5.41, 5.74) is 7.43. The molecule has 104 valence electrons. The lowest BCUT2D eigenvalue weighted by Gasteiger charge is -2.30. The number of rotatable bonds is 3. The summed E-state index contributed by atoms with van der Waals surface area (Å²) in [6, 6.07) is 5.48. The highest BCUT2D eigenvalue weighted by molar-refractivity contribution is 14.1. The molecule has 1 aliphatic rings. The van der Waals surface area contributed by atoms with Crippen LogP contribution in [0.25, 0.3) is 0 Å². The molecule has 0 bridgehead atoms. The summed E-state index contributed by atoms with van der Waals surface area (Å²) in [5.74, 6) is 0.187. The van der Waals surface area contributed by atoms with Crippen LogP contribution in [0, 0.1) is 3.57 Å². The van der Waals surface area contributed by atoms with E-state index in [1.54, 1.807) is 0 Å². The average Bonchev–Trinajstić information content (AvgIpc) is 2.42. The minimum Gasteiger partial charge on any atom is -0.399 e. The van der Waals surface area contributed by atoms with Gasteiger partial charge in [0.2, 0.25) is 5.91 Å². The second kappa shape index (κ2) is 6.45. The predicted octanol–water partition coefficient (Wildman–Crippen LogP) is 2.69. The van der Waals surface area contributed by atoms with Crippen molar-refractivity contribution in [3.05, 3.63) is 21.8 Å². The summed E-state index contributed by atoms with van der Waals surface area (Å²) in [5, 5.41) is 3.28. The van der Waals surface area contributed by atoms with Crippen LogP contribution >= 0.6 is 22.6 Å². The topological polar surface area (TPSA) is 58.4 Å². The Balaban J connectivity index is 1.99. The first-order valence-corrected chi connectivity index (χ1v) is 7.76. The smallest absolute Gasteiger partial charge is 0.244 e. The molecule has 1 atom stereocenters. The quantitative estimate of drug-likeness (QED) is 0.633. The van der Waals surface area contributed by atoms with Crippen LogP contribution in [0.3, 0.4) is 0 Å². The Labute approximate surface area is 127 Å². The first kappa shape index (κ1) is 14.4. The van der Waals surface area contributed by atoms with E-state index >= 15 is 0 Å². The molecule has 0 aliphatic carbocycles. The highest BCUT2D eigenvalue weighted by Gasteiger charge is 2.22. The molecule has 3 N–H and O–H groups in total. The van der Waals surface area contributed by atoms with Gasteiger partial charge in [0.1, 0.15) is 6.04 Å². The number of hydrogen-bond acceptors (Lipinski definition) is 3. The van der Waals surface area contributed by atoms with Gasteiger partial charge in [-0.05, 0) is 67.0 Å². The van der Waals surface area contributed by atoms with Crippen molar-refractivity contribution in [1.82, 2.24) is 4.90 Å². The molecule has 4 nitrogen and oxygen atoms in total. The molecule has 0 aromatic heterocycles. The maximum absolute atomic E-state index is 12.3. The molecule has 0 spiro atoms. The Bertz CT molecular complexity index is 458. The molecule has 19 heavy (non-hydrogen) atoms. The van der Waals surface area contributed by atoms with Crippen molar-refractivity contribution in [1.29, 1.82) is 0 Å². The maximum Gasteiger partial charge on any atom is 0.244 e. The molecule has 1 fully saturated rings. The van der Waals surface area contributed by atoms with Crippen molar-refractivity contribution in [2.45, 2.75) is 32.2 Å². The third-order valence-electron chi connectivity index (χ3n) is 3.40. The third kappa shape index (κ3) is 3.75. The fourth-order valence-electron chi connectivity index (χ4n) is 2.33. The van der Waals surface area contributed by atoms with E-state index in [4.69, 9.17) is 5.73 Å². The average molecular weight is 373 g/mol. The van der Waals surface area contributed by atoms with Gasteiger partial charge in [0.05, 0.1) is 0 Å². The van der Waals surface area contributed by atoms with Crippen molar-refractivity contribution < 1.29 is 4.79 Å². The van der Waals surface area contributed by atoms with Crippen molar-refractivity contribution in [3.63, 3.8) is 0 Å². The van der Waals surface area contributed by atoms with Gasteiger partial charge >= 0.3 is 0 Å². The molecule has 1 aromatic carbocycles. The van der Waals surface area contributed by atoms with Crippen molar-refractivity contribution in [3.8, 4) is 0 Å². The number of piperidine rings is 1. The van der Waals surface area contributed by atoms with Gasteiger partial charge in [-0.25, -0.2) is 0 Å². The van der Waals surface area contributed by atoms with E-state index in [0.29, 0.717) is 0 Å². The number of carbonyl (C=O) groups excluding carboxylic acids is 1. The van der Waals surface area contributed by atoms with E-state index in [-0.39, 0.29) is 11.9 Å². The molecule has 2 rings (SSSR count). The van der Waals surface area contributed by atoms with Gasteiger partial charge in [0.25, 0.3) is 0 Å². The highest BCUT2D eigenvalue weighted by Crippen LogP contribution is 2.22. The van der Waals surface area contributed by atoms with Gasteiger partial charge in [-0.2, -0.15) is 0 Å². The molecule has 1 heterocycles. The predicted molar refractivity (Wildman–Crippen MR) is 87.1 cm³/mol. The SMILES string of the molecule is CC(Nc1ccc(N)cc1I)C(=O)N1CCCCC1. The third-order valence-corrected chi connectivity index (χ3v) is 4.30. The van der Waals surface area contributed by atoms with Gasteiger partial charge in [0, 0.05) is 28.0 Å². The lowest BCUT2D eigenvalue weighted by molar-refractivity contribution is -0.132. The van der Waals surface area contributed by atoms with Crippen LogP contribution in [0.15, 0.2) is 18.2 Å². The molecule has 1 unspecified atom stereocenters. The molecule has 1 aromatic rings. The molecule has 5 heteroatoms. The summed E-state index contributed by atoms with van der Waals surface area (Å²) >= 11 is 2.23. The standard InChI is InChI=1S/C14H20IN3O/c1-10(14(19)18-7-3-2-4-8-18)17-13-6-5-11(16)9-12(13)15/h5-6,9-10,17H,2-4,7-8,16H2,1H3. The van der Waals surface area contributed by atoms with Crippen LogP contribution in [-0.4, -0.2) is 29.9 Å². The van der Waals surface area contributed by atoms with E-state index in [1.807, 2.05) is 30.0 Å². The van der Waals surface area contributed by atoms with E-state index in [1.165, 1.54) is 6.42 Å². The lowest BCUT2D eigenvalue weighted by Crippen LogP contribution is -2.44. The highest BCUT2D eigenvalue weighted by atomic mass is 127. The Morgan fingerprint density at radius 1 is 1.37 bits per heavy atom. The number of halogens is 1. The molecule has 1 amide bonds. The van der Waals surface area contributed by atoms with Crippen LogP contribution in [0.1, 0.15) is 26.2 Å². The van der Waals surface area contributed by atoms with Crippen LogP contribution in [0.2, 0.25) is 0 Å². The fourth-order valence-corrected chi connectivity index (χ4v) is 3.03. The van der Waals surface area contributed by atoms with Gasteiger partial charge in [-0.1, -0.05) is 0 Å². The number of nitrogens with zero attached hydrogens (tertiary/aromatic N) is 1. The molecule has 1 aliphatic heterocycles. The number of likely N-dealkylation sites (tertiary alicyclic amines) is 1. The largest absolute Gasteiger partial charge is 0.399 e. The summed E-state index contributed by atoms with van der Waals surface area (Å²) in [4.78, 5) is 14.3. The van der Waals surface area contributed by atoms with Gasteiger partial charge < -0.3 is 16.0 Å². The molecule has 0 saturated carbocycles. The Hall–Kier alpha value is -0.980. The molecule has 1 saturated heterocycles. The summed E-state index contributed by atoms with van der Waals surface area (Å²) < 4.78 is 1.04. The number of nitrogens with two attached hydrogens (primary N) is 1. The van der Waals surface area contributed by atoms with E-state index in [2.05, 4.69) is 27.9 Å². The first-order valence-electron chi connectivity index (χ1n) is 6.68. The number of nitrogen functional groups attached to an aromatic ring is 1. The van der Waals surface area contributed by atoms with Crippen LogP contribution in [0.4, 0.5) is 11.4 Å². The van der Waals surface area contributed by atoms with Crippen LogP contribution < -0.4 is 11.1 Å². The van der Waals surface area contributed by atoms with Crippen molar-refractivity contribution >= 4 is 39.9 Å². The monoisotopic (exact) mass is 373 g/mol. The maximum atomic E-state index is 12.3. The molecular formula is C14H20IN3O. The van der Waals surface area contributed by atoms with Gasteiger partial charge in [-0.15, -0.1) is 0 Å². The van der Waals surface area contributed by atoms with Crippen LogP contribution in [0.5, 0.6) is 0 Å². The lowest BCUT2D eigenvalue weighted by atomic mass is 10.1. The second-order valence-corrected chi connectivity index (χ2v) is 6.15. The zero-order chi connectivity index (χ0) is 13.8. The van der Waals surface area contributed by atoms with E-state index in [9.17, 15) is 4.79 Å². The first-order chi connectivity index (χ1) is 9.08. The Morgan fingerprint density at radius 2 is 2.05 bits per heavy atom. The second-order valence-electron chi connectivity index (χ2n) is 4.99. The minimum atomic E-state index is -0.199. The number of nitrogens with one attached hydrogen (secondary N) is 1. The van der Waals surface area contributed by atoms with Gasteiger partial charge in [0.15, 0.2) is 0 Å². The van der Waals surface area contributed by atoms with Crippen molar-refractivity contribution in [2.24, 2.45) is 0 Å². The number of carbonyl (C=O) groups is 1. The number of anilines is 2. The molecular weight excluding hydrogens is 353 g/mol. The normalized spacial score (nSPS) is 17.1. The fraction of sp³-hybridized carbons (Fsp3) is 0.500. The number of benzene rings is 1. The summed E-state index contributed by atoms with van der Waals surface area (Å²) in [6.07, 6.45) is 3.48. The van der Waals surface area contributed by atoms with Gasteiger partial charge in [-0.3, -0.25) is 4.79 Å². The summed E-state index contributed by atoms with van der Waals surface area (Å²) in [6.45, 7) is 3.71. The Kier molecular flexibility index (Phi) is 4.90. The van der Waals surface area contributed by atoms with Crippen molar-refractivity contribution in [2.75, 3.05) is 24.1 Å². The Morgan fingerprint density at radius 3 is 2.68 bits per heavy atom. The van der Waals surface area contributed by atoms with E-state index in [0.717, 1.165) is 40.9 Å². The zero-order valence-corrected chi connectivity index (χ0v) is 13.3. The number of amides is 1. The summed E-state index contributed by atoms with van der Waals surface area (Å²) in [7, 11) is 0.